The molecule has 3 heteroatoms. The predicted molar refractivity (Wildman–Crippen MR) is 73.4 cm³/mol. The van der Waals surface area contributed by atoms with Gasteiger partial charge in [0.25, 0.3) is 0 Å². The molecule has 0 aliphatic carbocycles. The highest BCUT2D eigenvalue weighted by atomic mass is 32.1. The minimum atomic E-state index is 0.619. The molecule has 0 amide bonds. The van der Waals surface area contributed by atoms with E-state index in [0.29, 0.717) is 6.54 Å². The molecule has 0 spiro atoms. The highest BCUT2D eigenvalue weighted by Crippen LogP contribution is 2.16. The Hall–Kier alpha value is -1.87. The van der Waals surface area contributed by atoms with E-state index in [9.17, 15) is 0 Å². The number of benzene rings is 2. The molecule has 0 saturated carbocycles. The molecule has 0 fully saturated rings. The van der Waals surface area contributed by atoms with Crippen LogP contribution in [0, 0.1) is 0 Å². The second kappa shape index (κ2) is 6.01. The molecule has 0 aliphatic heterocycles. The minimum Gasteiger partial charge on any atom is -0.0865 e. The number of azo groups is 2. The number of hydrogen-bond acceptors (Lipinski definition) is 2. The largest absolute Gasteiger partial charge is 0.232 e. The number of rotatable bonds is 4. The Labute approximate surface area is 106 Å². The minimum absolute atomic E-state index is 0.619. The summed E-state index contributed by atoms with van der Waals surface area (Å²) in [4.78, 5) is 0. The van der Waals surface area contributed by atoms with Gasteiger partial charge in [0.1, 0.15) is 5.69 Å². The molecule has 2 aromatic carbocycles. The Bertz CT molecular complexity index is 506. The van der Waals surface area contributed by atoms with Crippen molar-refractivity contribution in [3.05, 3.63) is 60.7 Å². The van der Waals surface area contributed by atoms with E-state index in [-0.39, 0.29) is 0 Å². The second-order valence-electron chi connectivity index (χ2n) is 3.52. The van der Waals surface area contributed by atoms with Crippen molar-refractivity contribution >= 4 is 29.0 Å². The zero-order valence-electron chi connectivity index (χ0n) is 9.36. The first-order chi connectivity index (χ1) is 8.40. The summed E-state index contributed by atoms with van der Waals surface area (Å²) in [6.45, 7) is 0.619. The fourth-order valence-electron chi connectivity index (χ4n) is 1.51. The molecular formula is C14H13N2S+. The van der Waals surface area contributed by atoms with Gasteiger partial charge < -0.3 is 0 Å². The van der Waals surface area contributed by atoms with Crippen LogP contribution in [-0.2, 0) is 0 Å². The lowest BCUT2D eigenvalue weighted by Crippen LogP contribution is -2.04. The monoisotopic (exact) mass is 241 g/mol. The molecule has 0 heterocycles. The smallest absolute Gasteiger partial charge is 0.0865 e. The third kappa shape index (κ3) is 3.29. The van der Waals surface area contributed by atoms with E-state index in [0.717, 1.165) is 11.4 Å². The lowest BCUT2D eigenvalue weighted by molar-refractivity contribution is -0.491. The Kier molecular flexibility index (Phi) is 4.11. The van der Waals surface area contributed by atoms with Crippen LogP contribution in [0.1, 0.15) is 0 Å². The van der Waals surface area contributed by atoms with Crippen molar-refractivity contribution in [2.24, 2.45) is 5.11 Å². The number of thiocarbonyl (C=S) groups is 1. The summed E-state index contributed by atoms with van der Waals surface area (Å²) < 4.78 is 1.89. The van der Waals surface area contributed by atoms with E-state index >= 15 is 0 Å². The fourth-order valence-corrected chi connectivity index (χ4v) is 1.65. The van der Waals surface area contributed by atoms with Crippen LogP contribution in [0.15, 0.2) is 65.8 Å². The molecule has 0 bridgehead atoms. The molecule has 0 aliphatic rings. The highest BCUT2D eigenvalue weighted by Gasteiger charge is 2.08. The van der Waals surface area contributed by atoms with Crippen molar-refractivity contribution in [3.63, 3.8) is 0 Å². The zero-order valence-corrected chi connectivity index (χ0v) is 10.2. The summed E-state index contributed by atoms with van der Waals surface area (Å²) in [6.07, 6.45) is 0. The van der Waals surface area contributed by atoms with Crippen molar-refractivity contribution < 1.29 is 4.70 Å². The van der Waals surface area contributed by atoms with Crippen molar-refractivity contribution in [1.82, 2.24) is 0 Å². The van der Waals surface area contributed by atoms with Gasteiger partial charge >= 0.3 is 0 Å². The SMILES string of the molecule is S=CC[N+](=Nc1ccccc1)c1ccccc1. The lowest BCUT2D eigenvalue weighted by Gasteiger charge is -1.96. The van der Waals surface area contributed by atoms with Gasteiger partial charge in [0.15, 0.2) is 0 Å². The van der Waals surface area contributed by atoms with Crippen LogP contribution in [0.5, 0.6) is 0 Å². The molecule has 0 aromatic heterocycles. The van der Waals surface area contributed by atoms with Crippen molar-refractivity contribution in [3.8, 4) is 0 Å². The molecule has 2 aromatic rings. The number of nitrogens with zero attached hydrogens (tertiary/aromatic N) is 2. The first-order valence-corrected chi connectivity index (χ1v) is 5.90. The molecule has 0 saturated heterocycles. The summed E-state index contributed by atoms with van der Waals surface area (Å²) >= 11 is 4.92. The van der Waals surface area contributed by atoms with E-state index in [1.807, 2.05) is 65.4 Å². The standard InChI is InChI=1S/C14H13N2S/c17-12-11-16(14-9-5-2-6-10-14)15-13-7-3-1-4-8-13/h1-10,12H,11H2/q+1. The normalized spacial score (nSPS) is 11.2. The van der Waals surface area contributed by atoms with Gasteiger partial charge in [-0.2, -0.15) is 0 Å². The highest BCUT2D eigenvalue weighted by molar-refractivity contribution is 7.79. The average Bonchev–Trinajstić information content (AvgIpc) is 2.40. The van der Waals surface area contributed by atoms with Crippen LogP contribution >= 0.6 is 12.2 Å². The van der Waals surface area contributed by atoms with Gasteiger partial charge in [-0.05, 0) is 12.1 Å². The Morgan fingerprint density at radius 2 is 1.53 bits per heavy atom. The van der Waals surface area contributed by atoms with Gasteiger partial charge in [0.05, 0.1) is 0 Å². The van der Waals surface area contributed by atoms with Crippen molar-refractivity contribution in [1.29, 1.82) is 0 Å². The van der Waals surface area contributed by atoms with Gasteiger partial charge in [-0.1, -0.05) is 53.3 Å². The Morgan fingerprint density at radius 1 is 0.941 bits per heavy atom. The molecule has 2 nitrogen and oxygen atoms in total. The van der Waals surface area contributed by atoms with Crippen LogP contribution in [0.3, 0.4) is 0 Å². The second-order valence-corrected chi connectivity index (χ2v) is 3.85. The van der Waals surface area contributed by atoms with E-state index in [2.05, 4.69) is 5.11 Å². The Balaban J connectivity index is 2.36. The summed E-state index contributed by atoms with van der Waals surface area (Å²) in [7, 11) is 0. The molecule has 2 rings (SSSR count). The van der Waals surface area contributed by atoms with Gasteiger partial charge in [0.2, 0.25) is 12.2 Å². The predicted octanol–water partition coefficient (Wildman–Crippen LogP) is 4.11. The van der Waals surface area contributed by atoms with Crippen LogP contribution in [0.4, 0.5) is 11.4 Å². The summed E-state index contributed by atoms with van der Waals surface area (Å²) in [5.74, 6) is 0. The molecule has 0 N–H and O–H groups in total. The van der Waals surface area contributed by atoms with Gasteiger partial charge in [-0.25, -0.2) is 0 Å². The molecule has 0 atom stereocenters. The first kappa shape index (κ1) is 11.6. The third-order valence-corrected chi connectivity index (χ3v) is 2.44. The maximum Gasteiger partial charge on any atom is 0.232 e. The number of para-hydroxylation sites is 1. The zero-order chi connectivity index (χ0) is 11.9. The average molecular weight is 241 g/mol. The van der Waals surface area contributed by atoms with E-state index in [4.69, 9.17) is 12.2 Å². The van der Waals surface area contributed by atoms with Crippen molar-refractivity contribution in [2.75, 3.05) is 6.54 Å². The fraction of sp³-hybridized carbons (Fsp3) is 0.0714. The van der Waals surface area contributed by atoms with E-state index in [1.54, 1.807) is 5.37 Å². The topological polar surface area (TPSA) is 15.4 Å². The van der Waals surface area contributed by atoms with Crippen LogP contribution in [0.2, 0.25) is 0 Å². The van der Waals surface area contributed by atoms with Crippen LogP contribution in [0.25, 0.3) is 0 Å². The van der Waals surface area contributed by atoms with Crippen molar-refractivity contribution in [2.45, 2.75) is 0 Å². The van der Waals surface area contributed by atoms with E-state index in [1.165, 1.54) is 0 Å². The third-order valence-electron chi connectivity index (χ3n) is 2.29. The lowest BCUT2D eigenvalue weighted by atomic mass is 10.3. The summed E-state index contributed by atoms with van der Waals surface area (Å²) in [6, 6.07) is 19.9. The van der Waals surface area contributed by atoms with Gasteiger partial charge in [-0.15, -0.1) is 0 Å². The maximum absolute atomic E-state index is 4.92. The van der Waals surface area contributed by atoms with Crippen LogP contribution in [-0.4, -0.2) is 16.6 Å². The molecular weight excluding hydrogens is 228 g/mol. The Morgan fingerprint density at radius 3 is 2.12 bits per heavy atom. The van der Waals surface area contributed by atoms with Crippen LogP contribution < -0.4 is 0 Å². The van der Waals surface area contributed by atoms with E-state index < -0.39 is 0 Å². The molecule has 0 unspecified atom stereocenters. The van der Waals surface area contributed by atoms with Gasteiger partial charge in [0, 0.05) is 22.6 Å². The molecule has 17 heavy (non-hydrogen) atoms. The summed E-state index contributed by atoms with van der Waals surface area (Å²) in [5, 5.41) is 6.23. The first-order valence-electron chi connectivity index (χ1n) is 5.43. The quantitative estimate of drug-likeness (QED) is 0.446. The van der Waals surface area contributed by atoms with Gasteiger partial charge in [-0.3, -0.25) is 0 Å². The maximum atomic E-state index is 4.92. The molecule has 84 valence electrons. The molecule has 0 radical (unpaired) electrons. The number of hydrogen-bond donors (Lipinski definition) is 0. The summed E-state index contributed by atoms with van der Waals surface area (Å²) in [5.41, 5.74) is 1.96.